The van der Waals surface area contributed by atoms with Crippen LogP contribution in [0.1, 0.15) is 51.8 Å². The molecule has 1 heterocycles. The Kier molecular flexibility index (Phi) is 3.54. The van der Waals surface area contributed by atoms with Crippen LogP contribution in [0.2, 0.25) is 0 Å². The minimum absolute atomic E-state index is 0.0485. The van der Waals surface area contributed by atoms with Crippen molar-refractivity contribution in [2.45, 2.75) is 58.8 Å². The van der Waals surface area contributed by atoms with Crippen LogP contribution in [0.25, 0.3) is 0 Å². The molecule has 1 aliphatic rings. The molecule has 0 bridgehead atoms. The first-order chi connectivity index (χ1) is 8.64. The lowest BCUT2D eigenvalue weighted by Gasteiger charge is -2.32. The molecule has 2 rings (SSSR count). The molecule has 1 aromatic carbocycles. The highest BCUT2D eigenvalue weighted by Gasteiger charge is 2.51. The Bertz CT molecular complexity index is 467. The maximum Gasteiger partial charge on any atom is 0.494 e. The van der Waals surface area contributed by atoms with Crippen LogP contribution in [0.3, 0.4) is 0 Å². The topological polar surface area (TPSA) is 44.5 Å². The van der Waals surface area contributed by atoms with Crippen LogP contribution in [0.15, 0.2) is 18.2 Å². The van der Waals surface area contributed by atoms with E-state index in [9.17, 15) is 0 Å². The zero-order valence-corrected chi connectivity index (χ0v) is 12.8. The average molecular weight is 261 g/mol. The predicted octanol–water partition coefficient (Wildman–Crippen LogP) is 2.31. The van der Waals surface area contributed by atoms with Crippen molar-refractivity contribution in [3.05, 3.63) is 29.3 Å². The molecule has 104 valence electrons. The molecule has 0 spiro atoms. The van der Waals surface area contributed by atoms with Crippen LogP contribution in [-0.2, 0) is 9.31 Å². The Morgan fingerprint density at radius 1 is 1.11 bits per heavy atom. The van der Waals surface area contributed by atoms with Crippen molar-refractivity contribution >= 4 is 12.6 Å². The van der Waals surface area contributed by atoms with E-state index in [1.165, 1.54) is 11.1 Å². The molecule has 0 amide bonds. The minimum atomic E-state index is -0.300. The molecule has 0 unspecified atom stereocenters. The zero-order valence-electron chi connectivity index (χ0n) is 12.8. The zero-order chi connectivity index (χ0) is 14.4. The summed E-state index contributed by atoms with van der Waals surface area (Å²) in [6.45, 7) is 12.3. The second-order valence-electron chi connectivity index (χ2n) is 6.49. The van der Waals surface area contributed by atoms with Gasteiger partial charge in [0.15, 0.2) is 0 Å². The SMILES string of the molecule is Cc1cc(B2OC(C)(C)C(C)(C)O2)ccc1[C@H](C)N. The maximum atomic E-state index is 6.05. The van der Waals surface area contributed by atoms with Gasteiger partial charge in [-0.05, 0) is 58.1 Å². The Hall–Kier alpha value is -0.835. The summed E-state index contributed by atoms with van der Waals surface area (Å²) in [5.74, 6) is 0. The fourth-order valence-corrected chi connectivity index (χ4v) is 2.34. The minimum Gasteiger partial charge on any atom is -0.399 e. The van der Waals surface area contributed by atoms with Gasteiger partial charge in [-0.1, -0.05) is 18.2 Å². The molecule has 1 saturated heterocycles. The van der Waals surface area contributed by atoms with Crippen molar-refractivity contribution in [2.24, 2.45) is 5.73 Å². The summed E-state index contributed by atoms with van der Waals surface area (Å²) >= 11 is 0. The van der Waals surface area contributed by atoms with Crippen molar-refractivity contribution < 1.29 is 9.31 Å². The smallest absolute Gasteiger partial charge is 0.399 e. The number of hydrogen-bond donors (Lipinski definition) is 1. The summed E-state index contributed by atoms with van der Waals surface area (Å²) in [5.41, 5.74) is 8.75. The average Bonchev–Trinajstić information content (AvgIpc) is 2.47. The van der Waals surface area contributed by atoms with E-state index in [4.69, 9.17) is 15.0 Å². The van der Waals surface area contributed by atoms with Gasteiger partial charge in [-0.25, -0.2) is 0 Å². The molecule has 1 fully saturated rings. The second kappa shape index (κ2) is 4.62. The van der Waals surface area contributed by atoms with Gasteiger partial charge >= 0.3 is 7.12 Å². The summed E-state index contributed by atoms with van der Waals surface area (Å²) < 4.78 is 12.1. The summed E-state index contributed by atoms with van der Waals surface area (Å²) in [5, 5.41) is 0. The normalized spacial score (nSPS) is 22.6. The standard InChI is InChI=1S/C15H24BNO2/c1-10-9-12(7-8-13(10)11(2)17)16-18-14(3,4)15(5,6)19-16/h7-9,11H,17H2,1-6H3/t11-/m0/s1. The molecule has 0 aliphatic carbocycles. The molecule has 3 nitrogen and oxygen atoms in total. The highest BCUT2D eigenvalue weighted by Crippen LogP contribution is 2.36. The number of nitrogens with two attached hydrogens (primary N) is 1. The van der Waals surface area contributed by atoms with Crippen LogP contribution in [0.5, 0.6) is 0 Å². The second-order valence-corrected chi connectivity index (χ2v) is 6.49. The molecule has 19 heavy (non-hydrogen) atoms. The van der Waals surface area contributed by atoms with Gasteiger partial charge in [0.1, 0.15) is 0 Å². The van der Waals surface area contributed by atoms with Crippen LogP contribution in [-0.4, -0.2) is 18.3 Å². The number of aryl methyl sites for hydroxylation is 1. The van der Waals surface area contributed by atoms with E-state index in [0.717, 1.165) is 5.46 Å². The van der Waals surface area contributed by atoms with Crippen molar-refractivity contribution in [1.82, 2.24) is 0 Å². The Balaban J connectivity index is 2.28. The number of benzene rings is 1. The van der Waals surface area contributed by atoms with E-state index in [-0.39, 0.29) is 24.4 Å². The van der Waals surface area contributed by atoms with Gasteiger partial charge in [0, 0.05) is 6.04 Å². The number of hydrogen-bond acceptors (Lipinski definition) is 3. The van der Waals surface area contributed by atoms with Gasteiger partial charge in [0.2, 0.25) is 0 Å². The third-order valence-electron chi connectivity index (χ3n) is 4.31. The fourth-order valence-electron chi connectivity index (χ4n) is 2.34. The summed E-state index contributed by atoms with van der Waals surface area (Å²) in [6.07, 6.45) is 0. The van der Waals surface area contributed by atoms with E-state index < -0.39 is 0 Å². The molecular weight excluding hydrogens is 237 g/mol. The summed E-state index contributed by atoms with van der Waals surface area (Å²) in [6, 6.07) is 6.28. The van der Waals surface area contributed by atoms with E-state index in [2.05, 4.69) is 46.8 Å². The van der Waals surface area contributed by atoms with Gasteiger partial charge in [-0.2, -0.15) is 0 Å². The lowest BCUT2D eigenvalue weighted by molar-refractivity contribution is 0.00578. The molecular formula is C15H24BNO2. The summed E-state index contributed by atoms with van der Waals surface area (Å²) in [4.78, 5) is 0. The molecule has 0 radical (unpaired) electrons. The molecule has 0 aromatic heterocycles. The predicted molar refractivity (Wildman–Crippen MR) is 79.5 cm³/mol. The quantitative estimate of drug-likeness (QED) is 0.831. The molecule has 1 aromatic rings. The molecule has 4 heteroatoms. The van der Waals surface area contributed by atoms with Gasteiger partial charge in [0.25, 0.3) is 0 Å². The molecule has 2 N–H and O–H groups in total. The van der Waals surface area contributed by atoms with Crippen molar-refractivity contribution in [3.63, 3.8) is 0 Å². The molecule has 1 atom stereocenters. The first-order valence-corrected chi connectivity index (χ1v) is 6.86. The first-order valence-electron chi connectivity index (χ1n) is 6.86. The van der Waals surface area contributed by atoms with E-state index in [0.29, 0.717) is 0 Å². The Morgan fingerprint density at radius 2 is 1.63 bits per heavy atom. The lowest BCUT2D eigenvalue weighted by atomic mass is 9.77. The van der Waals surface area contributed by atoms with Crippen LogP contribution in [0.4, 0.5) is 0 Å². The van der Waals surface area contributed by atoms with Gasteiger partial charge in [0.05, 0.1) is 11.2 Å². The third-order valence-corrected chi connectivity index (χ3v) is 4.31. The van der Waals surface area contributed by atoms with Crippen molar-refractivity contribution in [3.8, 4) is 0 Å². The largest absolute Gasteiger partial charge is 0.494 e. The third kappa shape index (κ3) is 2.57. The monoisotopic (exact) mass is 261 g/mol. The Labute approximate surface area is 116 Å². The van der Waals surface area contributed by atoms with Gasteiger partial charge in [-0.3, -0.25) is 0 Å². The fraction of sp³-hybridized carbons (Fsp3) is 0.600. The van der Waals surface area contributed by atoms with Crippen LogP contribution >= 0.6 is 0 Å². The van der Waals surface area contributed by atoms with Crippen molar-refractivity contribution in [1.29, 1.82) is 0 Å². The lowest BCUT2D eigenvalue weighted by Crippen LogP contribution is -2.41. The first kappa shape index (κ1) is 14.6. The van der Waals surface area contributed by atoms with Gasteiger partial charge < -0.3 is 15.0 Å². The highest BCUT2D eigenvalue weighted by molar-refractivity contribution is 6.62. The van der Waals surface area contributed by atoms with E-state index in [1.54, 1.807) is 0 Å². The van der Waals surface area contributed by atoms with Gasteiger partial charge in [-0.15, -0.1) is 0 Å². The maximum absolute atomic E-state index is 6.05. The van der Waals surface area contributed by atoms with Crippen LogP contribution in [0, 0.1) is 6.92 Å². The molecule has 1 aliphatic heterocycles. The molecule has 0 saturated carbocycles. The van der Waals surface area contributed by atoms with E-state index >= 15 is 0 Å². The number of rotatable bonds is 2. The van der Waals surface area contributed by atoms with E-state index in [1.807, 2.05) is 13.0 Å². The highest BCUT2D eigenvalue weighted by atomic mass is 16.7. The van der Waals surface area contributed by atoms with Crippen molar-refractivity contribution in [2.75, 3.05) is 0 Å². The Morgan fingerprint density at radius 3 is 2.05 bits per heavy atom. The summed E-state index contributed by atoms with van der Waals surface area (Å²) in [7, 11) is -0.300. The van der Waals surface area contributed by atoms with Crippen LogP contribution < -0.4 is 11.2 Å².